The lowest BCUT2D eigenvalue weighted by molar-refractivity contribution is 0.415. The smallest absolute Gasteiger partial charge is 0.323 e. The quantitative estimate of drug-likeness (QED) is 0.483. The fraction of sp³-hybridized carbons (Fsp3) is 0.0588. The van der Waals surface area contributed by atoms with Gasteiger partial charge in [-0.2, -0.15) is 0 Å². The SMILES string of the molecule is COc1ccc(-c2cnoc2NS(=O)(=O)c2ccc3[nH]c(=O)[nH]c3c2)cc1. The third kappa shape index (κ3) is 3.17. The van der Waals surface area contributed by atoms with Crippen molar-refractivity contribution in [2.24, 2.45) is 0 Å². The van der Waals surface area contributed by atoms with Crippen LogP contribution in [0.1, 0.15) is 0 Å². The minimum absolute atomic E-state index is 0.0113. The van der Waals surface area contributed by atoms with Crippen LogP contribution in [-0.4, -0.2) is 30.7 Å². The molecule has 0 aliphatic rings. The summed E-state index contributed by atoms with van der Waals surface area (Å²) in [4.78, 5) is 16.4. The zero-order valence-electron chi connectivity index (χ0n) is 14.0. The molecule has 3 N–H and O–H groups in total. The van der Waals surface area contributed by atoms with Gasteiger partial charge >= 0.3 is 5.69 Å². The average molecular weight is 386 g/mol. The summed E-state index contributed by atoms with van der Waals surface area (Å²) in [6, 6.07) is 11.3. The van der Waals surface area contributed by atoms with Crippen LogP contribution in [0, 0.1) is 0 Å². The predicted molar refractivity (Wildman–Crippen MR) is 98.2 cm³/mol. The van der Waals surface area contributed by atoms with Gasteiger partial charge < -0.3 is 19.2 Å². The second-order valence-electron chi connectivity index (χ2n) is 5.69. The van der Waals surface area contributed by atoms with Crippen molar-refractivity contribution in [1.82, 2.24) is 15.1 Å². The number of nitrogens with one attached hydrogen (secondary N) is 3. The van der Waals surface area contributed by atoms with Crippen molar-refractivity contribution >= 4 is 26.9 Å². The second-order valence-corrected chi connectivity index (χ2v) is 7.37. The molecule has 0 fully saturated rings. The number of ether oxygens (including phenoxy) is 1. The number of sulfonamides is 1. The minimum atomic E-state index is -3.95. The number of nitrogens with zero attached hydrogens (tertiary/aromatic N) is 1. The van der Waals surface area contributed by atoms with Gasteiger partial charge in [-0.15, -0.1) is 0 Å². The molecule has 0 amide bonds. The molecule has 0 radical (unpaired) electrons. The maximum Gasteiger partial charge on any atom is 0.323 e. The molecule has 138 valence electrons. The normalized spacial score (nSPS) is 11.6. The fourth-order valence-corrected chi connectivity index (χ4v) is 3.68. The first kappa shape index (κ1) is 16.9. The highest BCUT2D eigenvalue weighted by Crippen LogP contribution is 2.31. The average Bonchev–Trinajstić information content (AvgIpc) is 3.26. The van der Waals surface area contributed by atoms with E-state index in [-0.39, 0.29) is 10.8 Å². The van der Waals surface area contributed by atoms with E-state index in [1.165, 1.54) is 24.4 Å². The van der Waals surface area contributed by atoms with Gasteiger partial charge in [-0.1, -0.05) is 17.3 Å². The molecule has 9 nitrogen and oxygen atoms in total. The van der Waals surface area contributed by atoms with Crippen LogP contribution in [0.15, 0.2) is 62.9 Å². The Morgan fingerprint density at radius 3 is 2.56 bits per heavy atom. The fourth-order valence-electron chi connectivity index (χ4n) is 2.65. The molecule has 0 spiro atoms. The van der Waals surface area contributed by atoms with E-state index < -0.39 is 15.7 Å². The van der Waals surface area contributed by atoms with E-state index in [1.807, 2.05) is 0 Å². The van der Waals surface area contributed by atoms with E-state index in [0.29, 0.717) is 27.9 Å². The molecule has 4 aromatic rings. The summed E-state index contributed by atoms with van der Waals surface area (Å²) in [6.07, 6.45) is 1.42. The van der Waals surface area contributed by atoms with Crippen molar-refractivity contribution in [3.05, 3.63) is 59.1 Å². The third-order valence-electron chi connectivity index (χ3n) is 4.00. The number of aromatic amines is 2. The largest absolute Gasteiger partial charge is 0.497 e. The van der Waals surface area contributed by atoms with Crippen molar-refractivity contribution in [1.29, 1.82) is 0 Å². The van der Waals surface area contributed by atoms with E-state index in [9.17, 15) is 13.2 Å². The zero-order chi connectivity index (χ0) is 19.0. The molecule has 0 saturated heterocycles. The van der Waals surface area contributed by atoms with Crippen LogP contribution in [-0.2, 0) is 10.0 Å². The molecule has 2 aromatic heterocycles. The van der Waals surface area contributed by atoms with Gasteiger partial charge in [0, 0.05) is 0 Å². The summed E-state index contributed by atoms with van der Waals surface area (Å²) in [5, 5.41) is 3.69. The Morgan fingerprint density at radius 1 is 1.07 bits per heavy atom. The highest BCUT2D eigenvalue weighted by Gasteiger charge is 2.20. The summed E-state index contributed by atoms with van der Waals surface area (Å²) in [6.45, 7) is 0. The number of rotatable bonds is 5. The zero-order valence-corrected chi connectivity index (χ0v) is 14.8. The van der Waals surface area contributed by atoms with Crippen LogP contribution in [0.4, 0.5) is 5.88 Å². The number of benzene rings is 2. The minimum Gasteiger partial charge on any atom is -0.497 e. The summed E-state index contributed by atoms with van der Waals surface area (Å²) < 4.78 is 38.0. The summed E-state index contributed by atoms with van der Waals surface area (Å²) in [5.41, 5.74) is 1.68. The van der Waals surface area contributed by atoms with Gasteiger partial charge in [0.2, 0.25) is 5.88 Å². The summed E-state index contributed by atoms with van der Waals surface area (Å²) in [7, 11) is -2.40. The molecule has 0 atom stereocenters. The van der Waals surface area contributed by atoms with Gasteiger partial charge in [0.05, 0.1) is 34.8 Å². The third-order valence-corrected chi connectivity index (χ3v) is 5.32. The number of methoxy groups -OCH3 is 1. The first-order valence-electron chi connectivity index (χ1n) is 7.80. The van der Waals surface area contributed by atoms with Crippen LogP contribution < -0.4 is 15.1 Å². The number of H-pyrrole nitrogens is 2. The van der Waals surface area contributed by atoms with E-state index in [1.54, 1.807) is 31.4 Å². The molecule has 2 heterocycles. The first-order chi connectivity index (χ1) is 13.0. The Balaban J connectivity index is 1.68. The van der Waals surface area contributed by atoms with E-state index in [2.05, 4.69) is 19.8 Å². The summed E-state index contributed by atoms with van der Waals surface area (Å²) in [5.74, 6) is 0.661. The Kier molecular flexibility index (Phi) is 3.96. The lowest BCUT2D eigenvalue weighted by Gasteiger charge is -2.07. The van der Waals surface area contributed by atoms with Crippen LogP contribution in [0.2, 0.25) is 0 Å². The Morgan fingerprint density at radius 2 is 1.81 bits per heavy atom. The first-order valence-corrected chi connectivity index (χ1v) is 9.28. The predicted octanol–water partition coefficient (Wildman–Crippen LogP) is 2.32. The highest BCUT2D eigenvalue weighted by molar-refractivity contribution is 7.92. The Labute approximate surface area is 153 Å². The topological polar surface area (TPSA) is 130 Å². The van der Waals surface area contributed by atoms with Gasteiger partial charge in [0.25, 0.3) is 10.0 Å². The van der Waals surface area contributed by atoms with Crippen LogP contribution in [0.25, 0.3) is 22.2 Å². The molecular formula is C17H14N4O5S. The van der Waals surface area contributed by atoms with Crippen molar-refractivity contribution in [2.75, 3.05) is 11.8 Å². The Hall–Kier alpha value is -3.53. The maximum absolute atomic E-state index is 12.7. The molecule has 10 heteroatoms. The number of fused-ring (bicyclic) bond motifs is 1. The van der Waals surface area contributed by atoms with Gasteiger partial charge in [0.15, 0.2) is 0 Å². The van der Waals surface area contributed by atoms with Crippen molar-refractivity contribution in [3.63, 3.8) is 0 Å². The number of hydrogen-bond acceptors (Lipinski definition) is 6. The van der Waals surface area contributed by atoms with E-state index >= 15 is 0 Å². The lowest BCUT2D eigenvalue weighted by Crippen LogP contribution is -2.13. The highest BCUT2D eigenvalue weighted by atomic mass is 32.2. The monoisotopic (exact) mass is 386 g/mol. The van der Waals surface area contributed by atoms with E-state index in [4.69, 9.17) is 9.26 Å². The molecule has 0 unspecified atom stereocenters. The van der Waals surface area contributed by atoms with Gasteiger partial charge in [-0.05, 0) is 35.9 Å². The van der Waals surface area contributed by atoms with Crippen molar-refractivity contribution in [3.8, 4) is 16.9 Å². The second kappa shape index (κ2) is 6.32. The molecule has 0 saturated carbocycles. The molecule has 27 heavy (non-hydrogen) atoms. The van der Waals surface area contributed by atoms with Gasteiger partial charge in [-0.25, -0.2) is 17.9 Å². The van der Waals surface area contributed by atoms with Crippen molar-refractivity contribution in [2.45, 2.75) is 4.90 Å². The van der Waals surface area contributed by atoms with Crippen molar-refractivity contribution < 1.29 is 17.7 Å². The van der Waals surface area contributed by atoms with Crippen LogP contribution >= 0.6 is 0 Å². The van der Waals surface area contributed by atoms with Crippen LogP contribution in [0.5, 0.6) is 5.75 Å². The number of aromatic nitrogens is 3. The number of hydrogen-bond donors (Lipinski definition) is 3. The summed E-state index contributed by atoms with van der Waals surface area (Å²) >= 11 is 0. The number of anilines is 1. The molecule has 0 aliphatic carbocycles. The van der Waals surface area contributed by atoms with Gasteiger partial charge in [-0.3, -0.25) is 0 Å². The maximum atomic E-state index is 12.7. The Bertz CT molecular complexity index is 1270. The number of imidazole rings is 1. The van der Waals surface area contributed by atoms with E-state index in [0.717, 1.165) is 0 Å². The molecule has 2 aromatic carbocycles. The molecule has 4 rings (SSSR count). The van der Waals surface area contributed by atoms with Gasteiger partial charge in [0.1, 0.15) is 5.75 Å². The molecule has 0 bridgehead atoms. The molecular weight excluding hydrogens is 372 g/mol. The molecule has 0 aliphatic heterocycles. The van der Waals surface area contributed by atoms with Crippen LogP contribution in [0.3, 0.4) is 0 Å². The lowest BCUT2D eigenvalue weighted by atomic mass is 10.1. The standard InChI is InChI=1S/C17H14N4O5S/c1-25-11-4-2-10(3-5-11)13-9-18-26-16(13)21-27(23,24)12-6-7-14-15(8-12)20-17(22)19-14/h2-9,21H,1H3,(H2,19,20,22).